The van der Waals surface area contributed by atoms with Crippen LogP contribution in [-0.4, -0.2) is 27.7 Å². The van der Waals surface area contributed by atoms with Gasteiger partial charge >= 0.3 is 5.92 Å². The van der Waals surface area contributed by atoms with E-state index in [1.54, 1.807) is 41.2 Å². The van der Waals surface area contributed by atoms with Gasteiger partial charge in [-0.05, 0) is 73.2 Å². The van der Waals surface area contributed by atoms with Crippen LogP contribution in [0.25, 0.3) is 16.6 Å². The molecule has 0 aliphatic heterocycles. The van der Waals surface area contributed by atoms with Gasteiger partial charge in [-0.3, -0.25) is 4.79 Å². The Morgan fingerprint density at radius 1 is 1.06 bits per heavy atom. The first-order valence-corrected chi connectivity index (χ1v) is 10.9. The molecule has 3 aromatic carbocycles. The van der Waals surface area contributed by atoms with Crippen LogP contribution in [0.5, 0.6) is 5.75 Å². The van der Waals surface area contributed by atoms with E-state index in [1.165, 1.54) is 25.1 Å². The Morgan fingerprint density at radius 3 is 2.43 bits per heavy atom. The van der Waals surface area contributed by atoms with Crippen LogP contribution in [-0.2, 0) is 4.79 Å². The van der Waals surface area contributed by atoms with Crippen LogP contribution in [0.1, 0.15) is 25.5 Å². The summed E-state index contributed by atoms with van der Waals surface area (Å²) in [5.74, 6) is -5.78. The van der Waals surface area contributed by atoms with Crippen LogP contribution in [0.2, 0.25) is 5.02 Å². The molecule has 0 aliphatic rings. The third-order valence-electron chi connectivity index (χ3n) is 5.30. The van der Waals surface area contributed by atoms with Crippen LogP contribution in [0.15, 0.2) is 66.9 Å². The number of nitrogens with zero attached hydrogens (tertiary/aromatic N) is 2. The van der Waals surface area contributed by atoms with E-state index in [1.807, 2.05) is 0 Å². The fourth-order valence-electron chi connectivity index (χ4n) is 3.63. The molecule has 0 spiro atoms. The summed E-state index contributed by atoms with van der Waals surface area (Å²) in [5, 5.41) is 7.32. The summed E-state index contributed by atoms with van der Waals surface area (Å²) in [7, 11) is 0. The number of carbonyl (C=O) groups excluding carboxylic acids is 1. The van der Waals surface area contributed by atoms with Gasteiger partial charge in [-0.2, -0.15) is 13.9 Å². The van der Waals surface area contributed by atoms with E-state index in [2.05, 4.69) is 10.4 Å². The summed E-state index contributed by atoms with van der Waals surface area (Å²) >= 11 is 5.99. The normalized spacial score (nSPS) is 13.5. The highest BCUT2D eigenvalue weighted by molar-refractivity contribution is 6.30. The highest BCUT2D eigenvalue weighted by Gasteiger charge is 2.35. The van der Waals surface area contributed by atoms with Gasteiger partial charge in [0.2, 0.25) is 0 Å². The predicted octanol–water partition coefficient (Wildman–Crippen LogP) is 6.24. The number of ether oxygens (including phenoxy) is 1. The monoisotopic (exact) mass is 505 g/mol. The van der Waals surface area contributed by atoms with E-state index < -0.39 is 29.8 Å². The highest BCUT2D eigenvalue weighted by atomic mass is 35.5. The van der Waals surface area contributed by atoms with Gasteiger partial charge in [0.25, 0.3) is 5.91 Å². The van der Waals surface area contributed by atoms with E-state index in [4.69, 9.17) is 16.3 Å². The quantitative estimate of drug-likeness (QED) is 0.303. The first-order chi connectivity index (χ1) is 16.5. The summed E-state index contributed by atoms with van der Waals surface area (Å²) in [6, 6.07) is 13.6. The minimum Gasteiger partial charge on any atom is -0.484 e. The Bertz CT molecular complexity index is 1350. The lowest BCUT2D eigenvalue weighted by molar-refractivity contribution is -0.144. The van der Waals surface area contributed by atoms with Crippen molar-refractivity contribution < 1.29 is 27.1 Å². The second-order valence-corrected chi connectivity index (χ2v) is 8.58. The maximum absolute atomic E-state index is 14.1. The molecule has 4 rings (SSSR count). The lowest BCUT2D eigenvalue weighted by Crippen LogP contribution is -2.46. The van der Waals surface area contributed by atoms with Crippen LogP contribution >= 0.6 is 11.6 Å². The number of carbonyl (C=O) groups is 1. The molecule has 4 aromatic rings. The number of hydrogen-bond donors (Lipinski definition) is 1. The smallest absolute Gasteiger partial charge is 0.321 e. The topological polar surface area (TPSA) is 56.1 Å². The van der Waals surface area contributed by atoms with E-state index in [0.29, 0.717) is 29.3 Å². The van der Waals surface area contributed by atoms with Gasteiger partial charge in [0.1, 0.15) is 23.5 Å². The lowest BCUT2D eigenvalue weighted by atomic mass is 10.0. The predicted molar refractivity (Wildman–Crippen MR) is 124 cm³/mol. The Kier molecular flexibility index (Phi) is 6.71. The van der Waals surface area contributed by atoms with Gasteiger partial charge in [-0.1, -0.05) is 11.6 Å². The van der Waals surface area contributed by atoms with Crippen molar-refractivity contribution in [3.8, 4) is 11.4 Å². The van der Waals surface area contributed by atoms with Gasteiger partial charge < -0.3 is 10.1 Å². The van der Waals surface area contributed by atoms with Crippen molar-refractivity contribution in [2.75, 3.05) is 0 Å². The van der Waals surface area contributed by atoms with Crippen LogP contribution in [0, 0.1) is 11.6 Å². The van der Waals surface area contributed by atoms with Gasteiger partial charge in [0.15, 0.2) is 0 Å². The number of aromatic nitrogens is 2. The first kappa shape index (κ1) is 24.5. The SMILES string of the molecule is C[C@H](NC(=O)C(C)(F)F)[C@@H](Oc1ccc2c(cnn2-c2ccc(F)cc2)c1)c1cc(F)cc(Cl)c1. The number of hydrogen-bond acceptors (Lipinski definition) is 3. The zero-order chi connectivity index (χ0) is 25.3. The van der Waals surface area contributed by atoms with Crippen LogP contribution in [0.4, 0.5) is 17.6 Å². The fourth-order valence-corrected chi connectivity index (χ4v) is 3.86. The molecule has 1 heterocycles. The van der Waals surface area contributed by atoms with Crippen LogP contribution < -0.4 is 10.1 Å². The van der Waals surface area contributed by atoms with E-state index in [-0.39, 0.29) is 16.4 Å². The highest BCUT2D eigenvalue weighted by Crippen LogP contribution is 2.31. The molecule has 2 atom stereocenters. The lowest BCUT2D eigenvalue weighted by Gasteiger charge is -2.27. The number of rotatable bonds is 7. The second kappa shape index (κ2) is 9.58. The van der Waals surface area contributed by atoms with Crippen molar-refractivity contribution in [1.82, 2.24) is 15.1 Å². The number of nitrogens with one attached hydrogen (secondary N) is 1. The first-order valence-electron chi connectivity index (χ1n) is 10.6. The second-order valence-electron chi connectivity index (χ2n) is 8.15. The Morgan fingerprint density at radius 2 is 1.77 bits per heavy atom. The van der Waals surface area contributed by atoms with Crippen molar-refractivity contribution in [2.24, 2.45) is 0 Å². The van der Waals surface area contributed by atoms with Gasteiger partial charge in [0, 0.05) is 17.3 Å². The number of benzene rings is 3. The van der Waals surface area contributed by atoms with Gasteiger partial charge in [0.05, 0.1) is 23.4 Å². The minimum absolute atomic E-state index is 0.0870. The molecule has 1 N–H and O–H groups in total. The third kappa shape index (κ3) is 5.57. The molecule has 0 aliphatic carbocycles. The number of halogens is 5. The zero-order valence-corrected chi connectivity index (χ0v) is 19.4. The van der Waals surface area contributed by atoms with Gasteiger partial charge in [-0.15, -0.1) is 0 Å². The van der Waals surface area contributed by atoms with Gasteiger partial charge in [-0.25, -0.2) is 13.5 Å². The van der Waals surface area contributed by atoms with Crippen molar-refractivity contribution in [3.63, 3.8) is 0 Å². The minimum atomic E-state index is -3.60. The van der Waals surface area contributed by atoms with Crippen molar-refractivity contribution >= 4 is 28.4 Å². The molecule has 35 heavy (non-hydrogen) atoms. The van der Waals surface area contributed by atoms with Crippen molar-refractivity contribution in [2.45, 2.75) is 31.9 Å². The third-order valence-corrected chi connectivity index (χ3v) is 5.52. The van der Waals surface area contributed by atoms with E-state index in [9.17, 15) is 22.4 Å². The molecule has 0 saturated carbocycles. The summed E-state index contributed by atoms with van der Waals surface area (Å²) in [5.41, 5.74) is 1.62. The molecular weight excluding hydrogens is 486 g/mol. The Balaban J connectivity index is 1.67. The molecule has 0 fully saturated rings. The average molecular weight is 506 g/mol. The molecule has 5 nitrogen and oxygen atoms in total. The molecule has 0 saturated heterocycles. The molecule has 1 amide bonds. The average Bonchev–Trinajstić information content (AvgIpc) is 3.19. The number of fused-ring (bicyclic) bond motifs is 1. The molecule has 1 aromatic heterocycles. The van der Waals surface area contributed by atoms with Crippen LogP contribution in [0.3, 0.4) is 0 Å². The van der Waals surface area contributed by atoms with E-state index in [0.717, 1.165) is 12.1 Å². The van der Waals surface area contributed by atoms with E-state index >= 15 is 0 Å². The summed E-state index contributed by atoms with van der Waals surface area (Å²) in [6.07, 6.45) is 0.543. The molecular formula is C25H20ClF4N3O2. The fraction of sp³-hybridized carbons (Fsp3) is 0.200. The Labute approximate surface area is 203 Å². The Hall–Kier alpha value is -3.59. The molecule has 0 bridgehead atoms. The summed E-state index contributed by atoms with van der Waals surface area (Å²) in [6.45, 7) is 1.95. The molecule has 0 radical (unpaired) electrons. The summed E-state index contributed by atoms with van der Waals surface area (Å²) < 4.78 is 61.9. The largest absolute Gasteiger partial charge is 0.484 e. The zero-order valence-electron chi connectivity index (χ0n) is 18.6. The number of amides is 1. The molecule has 0 unspecified atom stereocenters. The maximum atomic E-state index is 14.1. The molecule has 182 valence electrons. The molecule has 10 heteroatoms. The maximum Gasteiger partial charge on any atom is 0.321 e. The van der Waals surface area contributed by atoms with Crippen molar-refractivity contribution in [3.05, 3.63) is 89.1 Å². The standard InChI is InChI=1S/C25H20ClF4N3O2/c1-14(32-24(34)25(2,29)30)23(15-9-17(26)12-19(28)10-15)35-21-7-8-22-16(11-21)13-31-33(22)20-5-3-18(27)4-6-20/h3-14,23H,1-2H3,(H,32,34)/t14-,23+/m0/s1. The number of alkyl halides is 2. The van der Waals surface area contributed by atoms with Crippen molar-refractivity contribution in [1.29, 1.82) is 0 Å². The summed E-state index contributed by atoms with van der Waals surface area (Å²) in [4.78, 5) is 11.9.